The molecule has 0 spiro atoms. The Hall–Kier alpha value is -2.02. The van der Waals surface area contributed by atoms with Crippen LogP contribution >= 0.6 is 0 Å². The van der Waals surface area contributed by atoms with Crippen LogP contribution < -0.4 is 0 Å². The Bertz CT molecular complexity index is 775. The third kappa shape index (κ3) is 5.03. The fourth-order valence-electron chi connectivity index (χ4n) is 3.14. The van der Waals surface area contributed by atoms with Gasteiger partial charge >= 0.3 is 0 Å². The summed E-state index contributed by atoms with van der Waals surface area (Å²) >= 11 is 0. The fourth-order valence-corrected chi connectivity index (χ4v) is 3.14. The van der Waals surface area contributed by atoms with Gasteiger partial charge in [0.25, 0.3) is 0 Å². The highest BCUT2D eigenvalue weighted by atomic mass is 19.2. The second-order valence-electron chi connectivity index (χ2n) is 7.64. The van der Waals surface area contributed by atoms with E-state index in [4.69, 9.17) is 4.74 Å². The predicted molar refractivity (Wildman–Crippen MR) is 89.3 cm³/mol. The molecule has 0 aliphatic carbocycles. The maximum atomic E-state index is 13.9. The van der Waals surface area contributed by atoms with E-state index >= 15 is 0 Å². The molecular weight excluding hydrogens is 370 g/mol. The zero-order chi connectivity index (χ0) is 20.6. The number of benzene rings is 2. The molecule has 27 heavy (non-hydrogen) atoms. The summed E-state index contributed by atoms with van der Waals surface area (Å²) in [5, 5.41) is 0. The Kier molecular flexibility index (Phi) is 5.94. The first-order valence-corrected chi connectivity index (χ1v) is 8.28. The van der Waals surface area contributed by atoms with Crippen molar-refractivity contribution in [2.45, 2.75) is 51.7 Å². The molecular formula is C20H20F6O. The summed E-state index contributed by atoms with van der Waals surface area (Å²) in [5.41, 5.74) is -2.23. The van der Waals surface area contributed by atoms with Gasteiger partial charge in [0, 0.05) is 12.8 Å². The summed E-state index contributed by atoms with van der Waals surface area (Å²) in [7, 11) is 0. The minimum Gasteiger partial charge on any atom is -0.369 e. The maximum Gasteiger partial charge on any atom is 0.194 e. The molecule has 148 valence electrons. The lowest BCUT2D eigenvalue weighted by atomic mass is 9.93. The highest BCUT2D eigenvalue weighted by Gasteiger charge is 2.32. The average molecular weight is 390 g/mol. The van der Waals surface area contributed by atoms with Gasteiger partial charge in [0.15, 0.2) is 34.9 Å². The topological polar surface area (TPSA) is 9.23 Å². The van der Waals surface area contributed by atoms with Crippen LogP contribution in [0.15, 0.2) is 24.3 Å². The van der Waals surface area contributed by atoms with E-state index in [0.717, 1.165) is 24.3 Å². The van der Waals surface area contributed by atoms with Gasteiger partial charge in [-0.1, -0.05) is 12.1 Å². The third-order valence-electron chi connectivity index (χ3n) is 4.02. The first-order valence-electron chi connectivity index (χ1n) is 8.28. The molecule has 0 heterocycles. The van der Waals surface area contributed by atoms with Gasteiger partial charge in [-0.3, -0.25) is 0 Å². The van der Waals surface area contributed by atoms with E-state index in [2.05, 4.69) is 0 Å². The monoisotopic (exact) mass is 390 g/mol. The van der Waals surface area contributed by atoms with Crippen LogP contribution in [0.1, 0.15) is 38.8 Å². The van der Waals surface area contributed by atoms with Crippen molar-refractivity contribution in [1.29, 1.82) is 0 Å². The lowest BCUT2D eigenvalue weighted by molar-refractivity contribution is -0.121. The van der Waals surface area contributed by atoms with Crippen LogP contribution in [-0.4, -0.2) is 11.2 Å². The van der Waals surface area contributed by atoms with E-state index in [1.54, 1.807) is 27.7 Å². The molecule has 0 saturated carbocycles. The maximum absolute atomic E-state index is 13.9. The quantitative estimate of drug-likeness (QED) is 0.442. The standard InChI is InChI=1S/C20H20F6O/c1-19(2,9-11-5-7-13(21)17(25)15(11)23)27-20(3,4)10-12-6-8-14(22)18(26)16(12)24/h5-8H,9-10H2,1-4H3. The first kappa shape index (κ1) is 21.3. The second kappa shape index (κ2) is 7.54. The molecule has 0 fully saturated rings. The zero-order valence-corrected chi connectivity index (χ0v) is 15.4. The van der Waals surface area contributed by atoms with Gasteiger partial charge in [0.05, 0.1) is 11.2 Å². The molecule has 0 radical (unpaired) electrons. The minimum absolute atomic E-state index is 0.0753. The van der Waals surface area contributed by atoms with Crippen LogP contribution in [0.25, 0.3) is 0 Å². The number of rotatable bonds is 6. The van der Waals surface area contributed by atoms with Crippen molar-refractivity contribution in [3.63, 3.8) is 0 Å². The van der Waals surface area contributed by atoms with E-state index < -0.39 is 46.1 Å². The molecule has 1 nitrogen and oxygen atoms in total. The first-order chi connectivity index (χ1) is 12.3. The molecule has 0 aromatic heterocycles. The van der Waals surface area contributed by atoms with Gasteiger partial charge in [-0.15, -0.1) is 0 Å². The minimum atomic E-state index is -1.56. The summed E-state index contributed by atoms with van der Waals surface area (Å²) in [6.45, 7) is 6.43. The van der Waals surface area contributed by atoms with Crippen LogP contribution in [0.4, 0.5) is 26.3 Å². The summed E-state index contributed by atoms with van der Waals surface area (Å²) < 4.78 is 86.7. The van der Waals surface area contributed by atoms with E-state index in [1.807, 2.05) is 0 Å². The van der Waals surface area contributed by atoms with Crippen LogP contribution in [0.2, 0.25) is 0 Å². The van der Waals surface area contributed by atoms with Crippen molar-refractivity contribution in [3.05, 3.63) is 70.3 Å². The third-order valence-corrected chi connectivity index (χ3v) is 4.02. The van der Waals surface area contributed by atoms with E-state index in [-0.39, 0.29) is 24.0 Å². The summed E-state index contributed by atoms with van der Waals surface area (Å²) in [6, 6.07) is 3.90. The van der Waals surface area contributed by atoms with Crippen molar-refractivity contribution in [1.82, 2.24) is 0 Å². The zero-order valence-electron chi connectivity index (χ0n) is 15.4. The number of halogens is 6. The van der Waals surface area contributed by atoms with E-state index in [0.29, 0.717) is 0 Å². The lowest BCUT2D eigenvalue weighted by Crippen LogP contribution is -2.40. The normalized spacial score (nSPS) is 12.5. The van der Waals surface area contributed by atoms with E-state index in [9.17, 15) is 26.3 Å². The highest BCUT2D eigenvalue weighted by Crippen LogP contribution is 2.30. The lowest BCUT2D eigenvalue weighted by Gasteiger charge is -2.36. The van der Waals surface area contributed by atoms with Crippen LogP contribution in [-0.2, 0) is 17.6 Å². The van der Waals surface area contributed by atoms with Gasteiger partial charge in [-0.2, -0.15) is 0 Å². The van der Waals surface area contributed by atoms with E-state index in [1.165, 1.54) is 0 Å². The molecule has 0 aliphatic rings. The van der Waals surface area contributed by atoms with Gasteiger partial charge in [0.2, 0.25) is 0 Å². The van der Waals surface area contributed by atoms with Crippen molar-refractivity contribution >= 4 is 0 Å². The largest absolute Gasteiger partial charge is 0.369 e. The van der Waals surface area contributed by atoms with Gasteiger partial charge in [-0.25, -0.2) is 26.3 Å². The number of hydrogen-bond acceptors (Lipinski definition) is 1. The Morgan fingerprint density at radius 2 is 0.926 bits per heavy atom. The second-order valence-corrected chi connectivity index (χ2v) is 7.64. The Balaban J connectivity index is 2.18. The Labute approximate surface area is 154 Å². The molecule has 2 aromatic rings. The smallest absolute Gasteiger partial charge is 0.194 e. The molecule has 0 amide bonds. The Morgan fingerprint density at radius 3 is 1.26 bits per heavy atom. The van der Waals surface area contributed by atoms with Crippen LogP contribution in [0, 0.1) is 34.9 Å². The molecule has 0 saturated heterocycles. The van der Waals surface area contributed by atoms with Crippen LogP contribution in [0.3, 0.4) is 0 Å². The van der Waals surface area contributed by atoms with Gasteiger partial charge < -0.3 is 4.74 Å². The highest BCUT2D eigenvalue weighted by molar-refractivity contribution is 5.23. The van der Waals surface area contributed by atoms with Crippen LogP contribution in [0.5, 0.6) is 0 Å². The molecule has 0 bridgehead atoms. The molecule has 0 aliphatic heterocycles. The Morgan fingerprint density at radius 1 is 0.593 bits per heavy atom. The SMILES string of the molecule is CC(C)(Cc1ccc(F)c(F)c1F)OC(C)(C)Cc1ccc(F)c(F)c1F. The molecule has 0 N–H and O–H groups in total. The van der Waals surface area contributed by atoms with Crippen molar-refractivity contribution in [2.75, 3.05) is 0 Å². The van der Waals surface area contributed by atoms with Gasteiger partial charge in [0.1, 0.15) is 0 Å². The molecule has 0 atom stereocenters. The predicted octanol–water partition coefficient (Wildman–Crippen LogP) is 5.88. The van der Waals surface area contributed by atoms with Gasteiger partial charge in [-0.05, 0) is 51.0 Å². The van der Waals surface area contributed by atoms with Crippen molar-refractivity contribution < 1.29 is 31.1 Å². The molecule has 2 aromatic carbocycles. The molecule has 7 heteroatoms. The fraction of sp³-hybridized carbons (Fsp3) is 0.400. The number of hydrogen-bond donors (Lipinski definition) is 0. The van der Waals surface area contributed by atoms with Crippen molar-refractivity contribution in [3.8, 4) is 0 Å². The summed E-state index contributed by atoms with van der Waals surface area (Å²) in [5.74, 6) is -8.29. The van der Waals surface area contributed by atoms with Crippen molar-refractivity contribution in [2.24, 2.45) is 0 Å². The summed E-state index contributed by atoms with van der Waals surface area (Å²) in [6.07, 6.45) is -0.167. The molecule has 2 rings (SSSR count). The number of ether oxygens (including phenoxy) is 1. The summed E-state index contributed by atoms with van der Waals surface area (Å²) in [4.78, 5) is 0. The molecule has 0 unspecified atom stereocenters. The average Bonchev–Trinajstić information content (AvgIpc) is 2.55.